The number of methoxy groups -OCH3 is 1. The van der Waals surface area contributed by atoms with Crippen LogP contribution in [-0.2, 0) is 4.74 Å². The van der Waals surface area contributed by atoms with Crippen LogP contribution in [0.1, 0.15) is 46.0 Å². The summed E-state index contributed by atoms with van der Waals surface area (Å²) in [6, 6.07) is 0.587. The molecule has 0 aromatic heterocycles. The van der Waals surface area contributed by atoms with Gasteiger partial charge in [0, 0.05) is 45.4 Å². The molecule has 0 saturated carbocycles. The van der Waals surface area contributed by atoms with Crippen LogP contribution in [0.4, 0.5) is 0 Å². The van der Waals surface area contributed by atoms with E-state index in [2.05, 4.69) is 39.3 Å². The molecule has 0 radical (unpaired) electrons. The summed E-state index contributed by atoms with van der Waals surface area (Å²) < 4.78 is 5.23. The van der Waals surface area contributed by atoms with E-state index in [1.807, 2.05) is 7.05 Å². The van der Waals surface area contributed by atoms with Gasteiger partial charge in [0.1, 0.15) is 0 Å². The summed E-state index contributed by atoms with van der Waals surface area (Å²) in [7, 11) is 3.64. The van der Waals surface area contributed by atoms with Crippen LogP contribution in [0, 0.1) is 0 Å². The van der Waals surface area contributed by atoms with Gasteiger partial charge in [-0.15, -0.1) is 0 Å². The molecule has 2 heterocycles. The molecule has 2 aliphatic heterocycles. The monoisotopic (exact) mass is 353 g/mol. The Labute approximate surface area is 154 Å². The van der Waals surface area contributed by atoms with Crippen molar-refractivity contribution >= 4 is 5.96 Å². The Hall–Kier alpha value is -0.850. The standard InChI is InChI=1S/C19H39N5O/c1-19(2,24-11-6-5-7-12-24)16-22-18(20-3)21-15-17-9-8-10-23(17)13-14-25-4/h17H,5-16H2,1-4H3,(H2,20,21,22). The molecular weight excluding hydrogens is 314 g/mol. The maximum atomic E-state index is 5.23. The Kier molecular flexibility index (Phi) is 8.46. The lowest BCUT2D eigenvalue weighted by atomic mass is 9.98. The number of ether oxygens (including phenoxy) is 1. The topological polar surface area (TPSA) is 52.1 Å². The zero-order chi connectivity index (χ0) is 18.1. The molecule has 6 heteroatoms. The summed E-state index contributed by atoms with van der Waals surface area (Å²) in [5.41, 5.74) is 0.163. The first-order valence-electron chi connectivity index (χ1n) is 9.99. The van der Waals surface area contributed by atoms with E-state index in [4.69, 9.17) is 4.74 Å². The number of guanidine groups is 1. The number of likely N-dealkylation sites (tertiary alicyclic amines) is 2. The smallest absolute Gasteiger partial charge is 0.191 e. The van der Waals surface area contributed by atoms with Crippen molar-refractivity contribution in [1.29, 1.82) is 0 Å². The molecule has 1 atom stereocenters. The fourth-order valence-electron chi connectivity index (χ4n) is 3.98. The van der Waals surface area contributed by atoms with Crippen molar-refractivity contribution in [1.82, 2.24) is 20.4 Å². The zero-order valence-electron chi connectivity index (χ0n) is 16.8. The third-order valence-electron chi connectivity index (χ3n) is 5.71. The summed E-state index contributed by atoms with van der Waals surface area (Å²) in [6.07, 6.45) is 6.58. The van der Waals surface area contributed by atoms with Gasteiger partial charge in [-0.3, -0.25) is 14.8 Å². The molecule has 2 aliphatic rings. The third-order valence-corrected chi connectivity index (χ3v) is 5.71. The Morgan fingerprint density at radius 3 is 2.56 bits per heavy atom. The molecule has 146 valence electrons. The first-order chi connectivity index (χ1) is 12.1. The molecule has 0 aromatic rings. The van der Waals surface area contributed by atoms with Gasteiger partial charge in [0.2, 0.25) is 0 Å². The first-order valence-corrected chi connectivity index (χ1v) is 9.99. The van der Waals surface area contributed by atoms with E-state index in [-0.39, 0.29) is 5.54 Å². The van der Waals surface area contributed by atoms with Gasteiger partial charge in [0.15, 0.2) is 5.96 Å². The number of hydrogen-bond acceptors (Lipinski definition) is 4. The molecule has 0 bridgehead atoms. The number of rotatable bonds is 8. The summed E-state index contributed by atoms with van der Waals surface area (Å²) in [4.78, 5) is 9.56. The van der Waals surface area contributed by atoms with Crippen LogP contribution in [0.25, 0.3) is 0 Å². The van der Waals surface area contributed by atoms with Crippen LogP contribution < -0.4 is 10.6 Å². The van der Waals surface area contributed by atoms with E-state index in [0.717, 1.165) is 32.2 Å². The van der Waals surface area contributed by atoms with Gasteiger partial charge in [-0.1, -0.05) is 6.42 Å². The van der Waals surface area contributed by atoms with Gasteiger partial charge in [-0.25, -0.2) is 0 Å². The SMILES string of the molecule is CN=C(NCC1CCCN1CCOC)NCC(C)(C)N1CCCCC1. The number of nitrogens with zero attached hydrogens (tertiary/aromatic N) is 3. The number of piperidine rings is 1. The van der Waals surface area contributed by atoms with E-state index in [0.29, 0.717) is 6.04 Å². The van der Waals surface area contributed by atoms with Crippen molar-refractivity contribution in [2.24, 2.45) is 4.99 Å². The fourth-order valence-corrected chi connectivity index (χ4v) is 3.98. The van der Waals surface area contributed by atoms with E-state index in [1.165, 1.54) is 51.7 Å². The number of aliphatic imine (C=N–C) groups is 1. The van der Waals surface area contributed by atoms with Gasteiger partial charge < -0.3 is 15.4 Å². The molecule has 2 saturated heterocycles. The molecule has 0 aromatic carbocycles. The highest BCUT2D eigenvalue weighted by atomic mass is 16.5. The molecule has 25 heavy (non-hydrogen) atoms. The minimum absolute atomic E-state index is 0.163. The highest BCUT2D eigenvalue weighted by Crippen LogP contribution is 2.20. The highest BCUT2D eigenvalue weighted by Gasteiger charge is 2.28. The minimum atomic E-state index is 0.163. The molecular formula is C19H39N5O. The normalized spacial score (nSPS) is 23.8. The lowest BCUT2D eigenvalue weighted by Crippen LogP contribution is -2.55. The Balaban J connectivity index is 1.74. The highest BCUT2D eigenvalue weighted by molar-refractivity contribution is 5.79. The number of nitrogens with one attached hydrogen (secondary N) is 2. The molecule has 2 rings (SSSR count). The second kappa shape index (κ2) is 10.3. The van der Waals surface area contributed by atoms with Gasteiger partial charge in [0.05, 0.1) is 6.61 Å². The van der Waals surface area contributed by atoms with Gasteiger partial charge in [-0.2, -0.15) is 0 Å². The van der Waals surface area contributed by atoms with Crippen molar-refractivity contribution in [2.45, 2.75) is 57.5 Å². The maximum absolute atomic E-state index is 5.23. The Morgan fingerprint density at radius 1 is 1.12 bits per heavy atom. The fraction of sp³-hybridized carbons (Fsp3) is 0.947. The molecule has 6 nitrogen and oxygen atoms in total. The van der Waals surface area contributed by atoms with Crippen LogP contribution in [0.3, 0.4) is 0 Å². The van der Waals surface area contributed by atoms with Crippen molar-refractivity contribution in [3.05, 3.63) is 0 Å². The maximum Gasteiger partial charge on any atom is 0.191 e. The predicted molar refractivity (Wildman–Crippen MR) is 105 cm³/mol. The van der Waals surface area contributed by atoms with Gasteiger partial charge in [0.25, 0.3) is 0 Å². The first kappa shape index (κ1) is 20.5. The molecule has 0 aliphatic carbocycles. The van der Waals surface area contributed by atoms with Crippen LogP contribution in [0.2, 0.25) is 0 Å². The third kappa shape index (κ3) is 6.42. The Morgan fingerprint density at radius 2 is 1.88 bits per heavy atom. The summed E-state index contributed by atoms with van der Waals surface area (Å²) in [5, 5.41) is 7.07. The van der Waals surface area contributed by atoms with E-state index in [9.17, 15) is 0 Å². The minimum Gasteiger partial charge on any atom is -0.383 e. The van der Waals surface area contributed by atoms with E-state index < -0.39 is 0 Å². The quantitative estimate of drug-likeness (QED) is 0.512. The largest absolute Gasteiger partial charge is 0.383 e. The molecule has 2 fully saturated rings. The summed E-state index contributed by atoms with van der Waals surface area (Å²) in [6.45, 7) is 12.0. The molecule has 0 amide bonds. The van der Waals surface area contributed by atoms with Crippen LogP contribution >= 0.6 is 0 Å². The van der Waals surface area contributed by atoms with Crippen molar-refractivity contribution in [3.63, 3.8) is 0 Å². The van der Waals surface area contributed by atoms with Gasteiger partial charge in [-0.05, 0) is 59.2 Å². The van der Waals surface area contributed by atoms with Crippen molar-refractivity contribution in [3.8, 4) is 0 Å². The number of hydrogen-bond donors (Lipinski definition) is 2. The molecule has 0 spiro atoms. The summed E-state index contributed by atoms with van der Waals surface area (Å²) >= 11 is 0. The average Bonchev–Trinajstić information content (AvgIpc) is 3.08. The average molecular weight is 354 g/mol. The lowest BCUT2D eigenvalue weighted by Gasteiger charge is -2.41. The van der Waals surface area contributed by atoms with Crippen molar-refractivity contribution in [2.75, 3.05) is 60.0 Å². The zero-order valence-corrected chi connectivity index (χ0v) is 16.8. The second-order valence-electron chi connectivity index (χ2n) is 7.99. The van der Waals surface area contributed by atoms with Crippen LogP contribution in [0.5, 0.6) is 0 Å². The summed E-state index contributed by atoms with van der Waals surface area (Å²) in [5.74, 6) is 0.920. The van der Waals surface area contributed by atoms with E-state index >= 15 is 0 Å². The lowest BCUT2D eigenvalue weighted by molar-refractivity contribution is 0.0981. The molecule has 1 unspecified atom stereocenters. The van der Waals surface area contributed by atoms with Crippen LogP contribution in [0.15, 0.2) is 4.99 Å². The molecule has 2 N–H and O–H groups in total. The predicted octanol–water partition coefficient (Wildman–Crippen LogP) is 1.53. The van der Waals surface area contributed by atoms with E-state index in [1.54, 1.807) is 7.11 Å². The van der Waals surface area contributed by atoms with Crippen LogP contribution in [-0.4, -0.2) is 87.4 Å². The second-order valence-corrected chi connectivity index (χ2v) is 7.99. The van der Waals surface area contributed by atoms with Crippen molar-refractivity contribution < 1.29 is 4.74 Å². The van der Waals surface area contributed by atoms with Gasteiger partial charge >= 0.3 is 0 Å². The Bertz CT molecular complexity index is 407.